The van der Waals surface area contributed by atoms with Gasteiger partial charge >= 0.3 is 0 Å². The number of hydrogen-bond acceptors (Lipinski definition) is 4. The van der Waals surface area contributed by atoms with Crippen LogP contribution in [0.2, 0.25) is 0 Å². The summed E-state index contributed by atoms with van der Waals surface area (Å²) in [7, 11) is 0. The summed E-state index contributed by atoms with van der Waals surface area (Å²) >= 11 is 0. The lowest BCUT2D eigenvalue weighted by molar-refractivity contribution is -0.132. The molecule has 116 valence electrons. The van der Waals surface area contributed by atoms with Gasteiger partial charge in [-0.1, -0.05) is 0 Å². The Bertz CT molecular complexity index is 502. The van der Waals surface area contributed by atoms with Crippen LogP contribution in [0, 0.1) is 0 Å². The first-order valence-electron chi connectivity index (χ1n) is 7.77. The van der Waals surface area contributed by atoms with Crippen molar-refractivity contribution in [3.05, 3.63) is 18.0 Å². The van der Waals surface area contributed by atoms with Crippen LogP contribution < -0.4 is 5.32 Å². The van der Waals surface area contributed by atoms with Gasteiger partial charge in [0.2, 0.25) is 5.91 Å². The smallest absolute Gasteiger partial charge is 0.249 e. The highest BCUT2D eigenvalue weighted by atomic mass is 16.5. The van der Waals surface area contributed by atoms with Crippen molar-refractivity contribution in [1.82, 2.24) is 15.1 Å². The van der Waals surface area contributed by atoms with E-state index >= 15 is 0 Å². The SMILES string of the molecule is CCn1cc([C@H]2OCC[C@@H]2NC(=O)[C@H]2CC[C@H](C)O2)cn1. The summed E-state index contributed by atoms with van der Waals surface area (Å²) in [6.45, 7) is 5.55. The van der Waals surface area contributed by atoms with E-state index in [1.807, 2.05) is 30.9 Å². The van der Waals surface area contributed by atoms with Gasteiger partial charge in [-0.25, -0.2) is 0 Å². The molecule has 0 radical (unpaired) electrons. The second-order valence-electron chi connectivity index (χ2n) is 5.84. The number of amides is 1. The molecule has 6 nitrogen and oxygen atoms in total. The maximum atomic E-state index is 12.3. The molecule has 4 atom stereocenters. The van der Waals surface area contributed by atoms with Crippen LogP contribution in [0.5, 0.6) is 0 Å². The third-order valence-electron chi connectivity index (χ3n) is 4.25. The fourth-order valence-corrected chi connectivity index (χ4v) is 3.04. The topological polar surface area (TPSA) is 65.4 Å². The highest BCUT2D eigenvalue weighted by molar-refractivity contribution is 5.81. The van der Waals surface area contributed by atoms with Gasteiger partial charge < -0.3 is 14.8 Å². The first-order chi connectivity index (χ1) is 10.2. The third-order valence-corrected chi connectivity index (χ3v) is 4.25. The predicted molar refractivity (Wildman–Crippen MR) is 76.7 cm³/mol. The molecular weight excluding hydrogens is 270 g/mol. The van der Waals surface area contributed by atoms with Gasteiger partial charge in [-0.15, -0.1) is 0 Å². The lowest BCUT2D eigenvalue weighted by Gasteiger charge is -2.21. The minimum atomic E-state index is -0.306. The second-order valence-corrected chi connectivity index (χ2v) is 5.84. The van der Waals surface area contributed by atoms with Crippen LogP contribution in [0.1, 0.15) is 44.8 Å². The van der Waals surface area contributed by atoms with E-state index in [0.717, 1.165) is 31.4 Å². The minimum Gasteiger partial charge on any atom is -0.371 e. The van der Waals surface area contributed by atoms with Crippen molar-refractivity contribution in [3.63, 3.8) is 0 Å². The molecule has 1 aromatic rings. The summed E-state index contributed by atoms with van der Waals surface area (Å²) in [6.07, 6.45) is 6.17. The summed E-state index contributed by atoms with van der Waals surface area (Å²) in [5.74, 6) is -0.0114. The molecule has 0 unspecified atom stereocenters. The third kappa shape index (κ3) is 3.11. The monoisotopic (exact) mass is 293 g/mol. The Morgan fingerprint density at radius 1 is 1.48 bits per heavy atom. The van der Waals surface area contributed by atoms with Crippen LogP contribution in [-0.2, 0) is 20.8 Å². The van der Waals surface area contributed by atoms with Crippen LogP contribution in [0.25, 0.3) is 0 Å². The maximum absolute atomic E-state index is 12.3. The second kappa shape index (κ2) is 6.15. The highest BCUT2D eigenvalue weighted by Crippen LogP contribution is 2.29. The minimum absolute atomic E-state index is 0.00603. The zero-order valence-corrected chi connectivity index (χ0v) is 12.6. The van der Waals surface area contributed by atoms with E-state index < -0.39 is 0 Å². The Hall–Kier alpha value is -1.40. The van der Waals surface area contributed by atoms with E-state index in [4.69, 9.17) is 9.47 Å². The molecule has 0 spiro atoms. The molecule has 1 N–H and O–H groups in total. The summed E-state index contributed by atoms with van der Waals surface area (Å²) in [5, 5.41) is 7.37. The number of nitrogens with zero attached hydrogens (tertiary/aromatic N) is 2. The van der Waals surface area contributed by atoms with Crippen molar-refractivity contribution in [3.8, 4) is 0 Å². The summed E-state index contributed by atoms with van der Waals surface area (Å²) in [6, 6.07) is 0.00603. The molecule has 0 aliphatic carbocycles. The quantitative estimate of drug-likeness (QED) is 0.911. The first kappa shape index (κ1) is 14.5. The van der Waals surface area contributed by atoms with Crippen molar-refractivity contribution in [2.45, 2.75) is 64.0 Å². The molecule has 1 aromatic heterocycles. The molecule has 2 saturated heterocycles. The normalized spacial score (nSPS) is 32.5. The van der Waals surface area contributed by atoms with Crippen LogP contribution in [-0.4, -0.2) is 40.5 Å². The Morgan fingerprint density at radius 2 is 2.33 bits per heavy atom. The number of ether oxygens (including phenoxy) is 2. The molecule has 0 saturated carbocycles. The lowest BCUT2D eigenvalue weighted by Crippen LogP contribution is -2.42. The van der Waals surface area contributed by atoms with Gasteiger partial charge in [-0.3, -0.25) is 9.48 Å². The number of carbonyl (C=O) groups is 1. The van der Waals surface area contributed by atoms with E-state index in [2.05, 4.69) is 10.4 Å². The number of rotatable bonds is 4. The Kier molecular flexibility index (Phi) is 4.26. The number of aromatic nitrogens is 2. The summed E-state index contributed by atoms with van der Waals surface area (Å²) in [5.41, 5.74) is 1.03. The molecule has 1 amide bonds. The summed E-state index contributed by atoms with van der Waals surface area (Å²) < 4.78 is 13.3. The molecule has 3 heterocycles. The van der Waals surface area contributed by atoms with Crippen molar-refractivity contribution < 1.29 is 14.3 Å². The largest absolute Gasteiger partial charge is 0.371 e. The molecule has 2 aliphatic heterocycles. The zero-order valence-electron chi connectivity index (χ0n) is 12.6. The van der Waals surface area contributed by atoms with E-state index in [9.17, 15) is 4.79 Å². The summed E-state index contributed by atoms with van der Waals surface area (Å²) in [4.78, 5) is 12.3. The molecule has 3 rings (SSSR count). The average Bonchev–Trinajstić information content (AvgIpc) is 3.17. The van der Waals surface area contributed by atoms with Crippen molar-refractivity contribution in [2.75, 3.05) is 6.61 Å². The molecule has 0 aromatic carbocycles. The molecular formula is C15H23N3O3. The van der Waals surface area contributed by atoms with Gasteiger partial charge in [0.15, 0.2) is 0 Å². The van der Waals surface area contributed by atoms with Crippen LogP contribution in [0.4, 0.5) is 0 Å². The lowest BCUT2D eigenvalue weighted by atomic mass is 10.0. The zero-order chi connectivity index (χ0) is 14.8. The van der Waals surface area contributed by atoms with Gasteiger partial charge in [0.1, 0.15) is 12.2 Å². The van der Waals surface area contributed by atoms with Crippen molar-refractivity contribution in [2.24, 2.45) is 0 Å². The average molecular weight is 293 g/mol. The number of aryl methyl sites for hydroxylation is 1. The fraction of sp³-hybridized carbons (Fsp3) is 0.733. The van der Waals surface area contributed by atoms with Gasteiger partial charge in [-0.2, -0.15) is 5.10 Å². The van der Waals surface area contributed by atoms with Crippen LogP contribution >= 0.6 is 0 Å². The Balaban J connectivity index is 1.62. The van der Waals surface area contributed by atoms with E-state index in [0.29, 0.717) is 6.61 Å². The molecule has 0 bridgehead atoms. The maximum Gasteiger partial charge on any atom is 0.249 e. The van der Waals surface area contributed by atoms with Crippen molar-refractivity contribution in [1.29, 1.82) is 0 Å². The first-order valence-corrected chi connectivity index (χ1v) is 7.77. The van der Waals surface area contributed by atoms with E-state index in [-0.39, 0.29) is 30.3 Å². The van der Waals surface area contributed by atoms with Gasteiger partial charge in [0, 0.05) is 24.9 Å². The van der Waals surface area contributed by atoms with Crippen molar-refractivity contribution >= 4 is 5.91 Å². The van der Waals surface area contributed by atoms with Crippen LogP contribution in [0.3, 0.4) is 0 Å². The van der Waals surface area contributed by atoms with E-state index in [1.54, 1.807) is 0 Å². The Morgan fingerprint density at radius 3 is 3.00 bits per heavy atom. The number of nitrogens with one attached hydrogen (secondary N) is 1. The molecule has 6 heteroatoms. The number of hydrogen-bond donors (Lipinski definition) is 1. The Labute approximate surface area is 124 Å². The van der Waals surface area contributed by atoms with Crippen LogP contribution in [0.15, 0.2) is 12.4 Å². The highest BCUT2D eigenvalue weighted by Gasteiger charge is 2.35. The molecule has 21 heavy (non-hydrogen) atoms. The fourth-order valence-electron chi connectivity index (χ4n) is 3.04. The predicted octanol–water partition coefficient (Wildman–Crippen LogP) is 1.42. The molecule has 2 fully saturated rings. The van der Waals surface area contributed by atoms with Gasteiger partial charge in [0.05, 0.1) is 18.3 Å². The van der Waals surface area contributed by atoms with Gasteiger partial charge in [0.25, 0.3) is 0 Å². The van der Waals surface area contributed by atoms with E-state index in [1.165, 1.54) is 0 Å². The van der Waals surface area contributed by atoms with Gasteiger partial charge in [-0.05, 0) is 33.1 Å². The number of carbonyl (C=O) groups excluding carboxylic acids is 1. The molecule has 2 aliphatic rings. The standard InChI is InChI=1S/C15H23N3O3/c1-3-18-9-11(8-16-18)14-12(6-7-20-14)17-15(19)13-5-4-10(2)21-13/h8-10,12-14H,3-7H2,1-2H3,(H,17,19)/t10-,12-,13+,14+/m0/s1.